The Hall–Kier alpha value is -2.02. The summed E-state index contributed by atoms with van der Waals surface area (Å²) >= 11 is 11.9. The number of ether oxygens (including phenoxy) is 1. The zero-order valence-electron chi connectivity index (χ0n) is 17.2. The molecule has 0 spiro atoms. The van der Waals surface area contributed by atoms with Gasteiger partial charge in [-0.15, -0.1) is 0 Å². The number of hydrogen-bond acceptors (Lipinski definition) is 5. The summed E-state index contributed by atoms with van der Waals surface area (Å²) in [5, 5.41) is 6.89. The van der Waals surface area contributed by atoms with Crippen LogP contribution in [0.1, 0.15) is 38.7 Å². The van der Waals surface area contributed by atoms with Crippen LogP contribution in [-0.2, 0) is 16.1 Å². The highest BCUT2D eigenvalue weighted by Gasteiger charge is 2.10. The number of nitrogens with zero attached hydrogens (tertiary/aromatic N) is 1. The molecule has 0 aliphatic carbocycles. The molecule has 4 N–H and O–H groups in total. The van der Waals surface area contributed by atoms with Gasteiger partial charge in [0.1, 0.15) is 11.5 Å². The van der Waals surface area contributed by atoms with Gasteiger partial charge in [0, 0.05) is 33.0 Å². The average Bonchev–Trinajstić information content (AvgIpc) is 2.71. The molecule has 0 radical (unpaired) electrons. The largest absolute Gasteiger partial charge is 0.394 e. The third-order valence-corrected chi connectivity index (χ3v) is 4.83. The Morgan fingerprint density at radius 3 is 2.66 bits per heavy atom. The lowest BCUT2D eigenvalue weighted by Crippen LogP contribution is -2.34. The van der Waals surface area contributed by atoms with E-state index in [9.17, 15) is 4.79 Å². The zero-order chi connectivity index (χ0) is 21.6. The van der Waals surface area contributed by atoms with E-state index in [-0.39, 0.29) is 11.6 Å². The lowest BCUT2D eigenvalue weighted by atomic mass is 10.2. The van der Waals surface area contributed by atoms with Crippen LogP contribution < -0.4 is 16.4 Å². The number of allylic oxidation sites excluding steroid dienone is 2. The minimum atomic E-state index is -0.385. The molecule has 0 unspecified atom stereocenters. The highest BCUT2D eigenvalue weighted by molar-refractivity contribution is 6.42. The van der Waals surface area contributed by atoms with Gasteiger partial charge in [0.25, 0.3) is 5.91 Å². The van der Waals surface area contributed by atoms with Crippen molar-refractivity contribution >= 4 is 35.3 Å². The van der Waals surface area contributed by atoms with Crippen molar-refractivity contribution in [2.24, 2.45) is 10.7 Å². The average molecular weight is 441 g/mol. The summed E-state index contributed by atoms with van der Waals surface area (Å²) in [7, 11) is 1.70. The Morgan fingerprint density at radius 2 is 2.00 bits per heavy atom. The van der Waals surface area contributed by atoms with Crippen molar-refractivity contribution in [2.45, 2.75) is 39.7 Å². The first-order valence-corrected chi connectivity index (χ1v) is 10.2. The van der Waals surface area contributed by atoms with Crippen LogP contribution in [0.25, 0.3) is 0 Å². The molecule has 1 aromatic rings. The van der Waals surface area contributed by atoms with Crippen LogP contribution in [0.5, 0.6) is 0 Å². The third-order valence-electron chi connectivity index (χ3n) is 4.09. The zero-order valence-corrected chi connectivity index (χ0v) is 18.7. The monoisotopic (exact) mass is 440 g/mol. The van der Waals surface area contributed by atoms with Crippen LogP contribution in [0, 0.1) is 0 Å². The van der Waals surface area contributed by atoms with Gasteiger partial charge in [0.15, 0.2) is 0 Å². The van der Waals surface area contributed by atoms with E-state index in [1.807, 2.05) is 13.0 Å². The standard InChI is InChI=1S/C21H30Cl2N4O2/c1-4-19(26-14-16-8-9-17(22)18(23)12-16)27-21(28)20(24)15(2)13-25-10-6-5-7-11-29-3/h4,8-9,12-13,26H,5-7,10-11,14,24H2,1-3H3,(H,27,28)/b19-4?,20-15-,25-13?. The molecule has 0 saturated carbocycles. The van der Waals surface area contributed by atoms with Crippen molar-refractivity contribution in [1.29, 1.82) is 0 Å². The van der Waals surface area contributed by atoms with Gasteiger partial charge in [0.2, 0.25) is 0 Å². The Labute approximate surface area is 183 Å². The second-order valence-corrected chi connectivity index (χ2v) is 7.26. The van der Waals surface area contributed by atoms with Gasteiger partial charge >= 0.3 is 0 Å². The summed E-state index contributed by atoms with van der Waals surface area (Å²) in [4.78, 5) is 16.7. The number of unbranched alkanes of at least 4 members (excludes halogenated alkanes) is 2. The number of hydrogen-bond donors (Lipinski definition) is 3. The number of rotatable bonds is 12. The van der Waals surface area contributed by atoms with Crippen molar-refractivity contribution in [3.05, 3.63) is 57.0 Å². The van der Waals surface area contributed by atoms with E-state index >= 15 is 0 Å². The molecule has 0 bridgehead atoms. The summed E-state index contributed by atoms with van der Waals surface area (Å²) < 4.78 is 5.01. The van der Waals surface area contributed by atoms with Crippen molar-refractivity contribution in [3.63, 3.8) is 0 Å². The number of nitrogens with two attached hydrogens (primary N) is 1. The van der Waals surface area contributed by atoms with Crippen LogP contribution in [-0.4, -0.2) is 32.4 Å². The molecular weight excluding hydrogens is 411 g/mol. The van der Waals surface area contributed by atoms with E-state index < -0.39 is 0 Å². The number of aliphatic imine (C=N–C) groups is 1. The maximum absolute atomic E-state index is 12.4. The second kappa shape index (κ2) is 14.0. The van der Waals surface area contributed by atoms with Crippen LogP contribution in [0.3, 0.4) is 0 Å². The van der Waals surface area contributed by atoms with Gasteiger partial charge in [-0.3, -0.25) is 9.79 Å². The number of carbonyl (C=O) groups is 1. The first-order valence-electron chi connectivity index (χ1n) is 9.49. The molecule has 0 saturated heterocycles. The number of nitrogens with one attached hydrogen (secondary N) is 2. The lowest BCUT2D eigenvalue weighted by molar-refractivity contribution is -0.117. The molecule has 8 heteroatoms. The molecule has 1 amide bonds. The van der Waals surface area contributed by atoms with Crippen molar-refractivity contribution in [2.75, 3.05) is 20.3 Å². The smallest absolute Gasteiger partial charge is 0.272 e. The fraction of sp³-hybridized carbons (Fsp3) is 0.429. The molecule has 160 valence electrons. The number of methoxy groups -OCH3 is 1. The fourth-order valence-corrected chi connectivity index (χ4v) is 2.65. The summed E-state index contributed by atoms with van der Waals surface area (Å²) in [6.45, 7) is 5.52. The van der Waals surface area contributed by atoms with Gasteiger partial charge < -0.3 is 21.1 Å². The molecule has 0 heterocycles. The van der Waals surface area contributed by atoms with E-state index in [1.54, 1.807) is 38.5 Å². The molecule has 0 aliphatic rings. The molecule has 0 aliphatic heterocycles. The first kappa shape index (κ1) is 25.0. The van der Waals surface area contributed by atoms with Crippen LogP contribution in [0.2, 0.25) is 10.0 Å². The van der Waals surface area contributed by atoms with Crippen LogP contribution in [0.4, 0.5) is 0 Å². The second-order valence-electron chi connectivity index (χ2n) is 6.44. The number of halogens is 2. The highest BCUT2D eigenvalue weighted by atomic mass is 35.5. The van der Waals surface area contributed by atoms with Crippen molar-refractivity contribution in [3.8, 4) is 0 Å². The molecule has 0 aromatic heterocycles. The predicted molar refractivity (Wildman–Crippen MR) is 121 cm³/mol. The Balaban J connectivity index is 2.52. The fourth-order valence-electron chi connectivity index (χ4n) is 2.33. The molecular formula is C21H30Cl2N4O2. The number of carbonyl (C=O) groups excluding carboxylic acids is 1. The lowest BCUT2D eigenvalue weighted by Gasteiger charge is -2.13. The van der Waals surface area contributed by atoms with E-state index in [1.165, 1.54) is 0 Å². The van der Waals surface area contributed by atoms with E-state index in [2.05, 4.69) is 15.6 Å². The summed E-state index contributed by atoms with van der Waals surface area (Å²) in [6.07, 6.45) is 6.45. The van der Waals surface area contributed by atoms with Crippen LogP contribution >= 0.6 is 23.2 Å². The quantitative estimate of drug-likeness (QED) is 0.258. The van der Waals surface area contributed by atoms with Gasteiger partial charge in [-0.25, -0.2) is 0 Å². The minimum Gasteiger partial charge on any atom is -0.394 e. The van der Waals surface area contributed by atoms with Crippen molar-refractivity contribution < 1.29 is 9.53 Å². The molecule has 29 heavy (non-hydrogen) atoms. The molecule has 1 rings (SSSR count). The van der Waals surface area contributed by atoms with Crippen molar-refractivity contribution in [1.82, 2.24) is 10.6 Å². The molecule has 1 aromatic carbocycles. The summed E-state index contributed by atoms with van der Waals surface area (Å²) in [5.41, 5.74) is 7.65. The summed E-state index contributed by atoms with van der Waals surface area (Å²) in [5.74, 6) is 0.163. The minimum absolute atomic E-state index is 0.129. The highest BCUT2D eigenvalue weighted by Crippen LogP contribution is 2.22. The van der Waals surface area contributed by atoms with Crippen LogP contribution in [0.15, 0.2) is 46.4 Å². The van der Waals surface area contributed by atoms with Gasteiger partial charge in [-0.05, 0) is 62.5 Å². The van der Waals surface area contributed by atoms with E-state index in [4.69, 9.17) is 33.7 Å². The molecule has 0 fully saturated rings. The van der Waals surface area contributed by atoms with Gasteiger partial charge in [-0.2, -0.15) is 0 Å². The van der Waals surface area contributed by atoms with E-state index in [0.29, 0.717) is 34.5 Å². The predicted octanol–water partition coefficient (Wildman–Crippen LogP) is 4.18. The van der Waals surface area contributed by atoms with Gasteiger partial charge in [-0.1, -0.05) is 29.3 Å². The SMILES string of the molecule is CC=C(NCc1ccc(Cl)c(Cl)c1)NC(=O)/C(N)=C(\C)C=NCCCCCOC. The Morgan fingerprint density at radius 1 is 1.24 bits per heavy atom. The topological polar surface area (TPSA) is 88.7 Å². The summed E-state index contributed by atoms with van der Waals surface area (Å²) in [6, 6.07) is 5.37. The molecule has 6 nitrogen and oxygen atoms in total. The number of amides is 1. The van der Waals surface area contributed by atoms with E-state index in [0.717, 1.165) is 31.4 Å². The Bertz CT molecular complexity index is 761. The Kier molecular flexibility index (Phi) is 12.1. The maximum Gasteiger partial charge on any atom is 0.272 e. The normalized spacial score (nSPS) is 12.8. The number of benzene rings is 1. The third kappa shape index (κ3) is 9.83. The van der Waals surface area contributed by atoms with Gasteiger partial charge in [0.05, 0.1) is 10.0 Å². The first-order chi connectivity index (χ1) is 13.9. The molecule has 0 atom stereocenters. The maximum atomic E-state index is 12.4.